The van der Waals surface area contributed by atoms with Crippen LogP contribution in [0.1, 0.15) is 28.3 Å². The fraction of sp³-hybridized carbons (Fsp3) is 0.314. The molecule has 9 nitrogen and oxygen atoms in total. The van der Waals surface area contributed by atoms with Crippen LogP contribution in [0.25, 0.3) is 0 Å². The van der Waals surface area contributed by atoms with Gasteiger partial charge in [0, 0.05) is 21.7 Å². The summed E-state index contributed by atoms with van der Waals surface area (Å²) in [5, 5.41) is 3.77. The van der Waals surface area contributed by atoms with Crippen LogP contribution in [0.3, 0.4) is 0 Å². The molecule has 0 spiro atoms. The van der Waals surface area contributed by atoms with Gasteiger partial charge in [0.15, 0.2) is 18.1 Å². The number of aromatic nitrogens is 1. The molecule has 2 bridgehead atoms. The van der Waals surface area contributed by atoms with Crippen molar-refractivity contribution in [2.75, 3.05) is 23.9 Å². The van der Waals surface area contributed by atoms with Crippen LogP contribution in [0.15, 0.2) is 82.6 Å². The van der Waals surface area contributed by atoms with E-state index in [4.69, 9.17) is 9.47 Å². The van der Waals surface area contributed by atoms with E-state index in [1.165, 1.54) is 16.2 Å². The van der Waals surface area contributed by atoms with Gasteiger partial charge in [0.05, 0.1) is 29.7 Å². The van der Waals surface area contributed by atoms with Gasteiger partial charge in [-0.05, 0) is 78.6 Å². The lowest BCUT2D eigenvalue weighted by molar-refractivity contribution is -0.123. The minimum Gasteiger partial charge on any atom is -0.493 e. The van der Waals surface area contributed by atoms with Crippen LogP contribution < -0.4 is 24.6 Å². The highest BCUT2D eigenvalue weighted by atomic mass is 32.2. The Morgan fingerprint density at radius 3 is 2.50 bits per heavy atom. The van der Waals surface area contributed by atoms with Crippen molar-refractivity contribution < 1.29 is 23.9 Å². The van der Waals surface area contributed by atoms with Crippen LogP contribution in [-0.4, -0.2) is 41.7 Å². The average Bonchev–Trinajstić information content (AvgIpc) is 3.79. The number of aromatic amines is 1. The van der Waals surface area contributed by atoms with E-state index in [-0.39, 0.29) is 70.0 Å². The lowest BCUT2D eigenvalue weighted by atomic mass is 9.68. The van der Waals surface area contributed by atoms with Crippen LogP contribution in [0.2, 0.25) is 0 Å². The number of thioether (sulfide) groups is 1. The zero-order valence-corrected chi connectivity index (χ0v) is 26.7. The molecule has 3 heterocycles. The number of thiazole rings is 1. The van der Waals surface area contributed by atoms with Gasteiger partial charge in [-0.2, -0.15) is 0 Å². The van der Waals surface area contributed by atoms with Gasteiger partial charge in [-0.3, -0.25) is 24.1 Å². The molecule has 2 aliphatic heterocycles. The van der Waals surface area contributed by atoms with Gasteiger partial charge >= 0.3 is 4.87 Å². The van der Waals surface area contributed by atoms with Gasteiger partial charge in [0.1, 0.15) is 0 Å². The average molecular weight is 654 g/mol. The molecule has 2 saturated carbocycles. The Hall–Kier alpha value is -4.35. The molecule has 4 aliphatic rings. The molecular weight excluding hydrogens is 623 g/mol. The monoisotopic (exact) mass is 653 g/mol. The first kappa shape index (κ1) is 29.1. The molecule has 46 heavy (non-hydrogen) atoms. The third kappa shape index (κ3) is 4.59. The number of hydrogen-bond donors (Lipinski definition) is 2. The van der Waals surface area contributed by atoms with E-state index in [2.05, 4.69) is 10.3 Å². The highest BCUT2D eigenvalue weighted by Gasteiger charge is 2.69. The van der Waals surface area contributed by atoms with Crippen LogP contribution in [0.5, 0.6) is 11.5 Å². The maximum atomic E-state index is 13.9. The Bertz CT molecular complexity index is 1940. The van der Waals surface area contributed by atoms with E-state index < -0.39 is 0 Å². The van der Waals surface area contributed by atoms with Crippen molar-refractivity contribution in [3.8, 4) is 11.5 Å². The highest BCUT2D eigenvalue weighted by Crippen LogP contribution is 2.68. The van der Waals surface area contributed by atoms with E-state index in [9.17, 15) is 19.2 Å². The zero-order valence-electron chi connectivity index (χ0n) is 25.1. The number of carbonyl (C=O) groups is 3. The summed E-state index contributed by atoms with van der Waals surface area (Å²) in [4.78, 5) is 58.3. The summed E-state index contributed by atoms with van der Waals surface area (Å²) in [6.45, 7) is 1.76. The lowest BCUT2D eigenvalue weighted by Crippen LogP contribution is -2.42. The number of ether oxygens (including phenoxy) is 2. The number of rotatable bonds is 7. The number of fused-ring (bicyclic) bond motifs is 9. The molecule has 7 atom stereocenters. The summed E-state index contributed by atoms with van der Waals surface area (Å²) >= 11 is 2.87. The first-order valence-electron chi connectivity index (χ1n) is 15.3. The number of hydrogen-bond acceptors (Lipinski definition) is 8. The van der Waals surface area contributed by atoms with Crippen LogP contribution in [0.4, 0.5) is 11.4 Å². The van der Waals surface area contributed by atoms with Crippen LogP contribution >= 0.6 is 23.1 Å². The Balaban J connectivity index is 1.09. The number of methoxy groups -OCH3 is 1. The van der Waals surface area contributed by atoms with Gasteiger partial charge in [-0.1, -0.05) is 47.7 Å². The molecule has 234 valence electrons. The number of aryl methyl sites for hydroxylation is 1. The molecule has 3 fully saturated rings. The predicted molar refractivity (Wildman–Crippen MR) is 176 cm³/mol. The number of anilines is 2. The van der Waals surface area contributed by atoms with Crippen molar-refractivity contribution in [2.24, 2.45) is 29.6 Å². The fourth-order valence-electron chi connectivity index (χ4n) is 8.28. The molecule has 3 amide bonds. The molecule has 1 saturated heterocycles. The topological polar surface area (TPSA) is 118 Å². The number of para-hydroxylation sites is 1. The standard InChI is InChI=1S/C35H31N3O6S2/c1-17-7-6-8-19(13-17)36-25(39)16-44-23-12-11-18(14-24(23)43-2)26-27-21-15-22(30(27)45-32-31(26)46-35(42)37-32)29-28(21)33(40)38(34(29)41)20-9-4-3-5-10-20/h3-14,21-22,26-30H,15-16H2,1-2H3,(H,36,39)(H,37,42)/t21?,22?,26-,27?,28?,29?,30?/m1/s1. The van der Waals surface area contributed by atoms with Gasteiger partial charge in [0.25, 0.3) is 5.91 Å². The minimum absolute atomic E-state index is 0.000236. The van der Waals surface area contributed by atoms with Crippen LogP contribution in [0, 0.1) is 36.5 Å². The second-order valence-electron chi connectivity index (χ2n) is 12.4. The Morgan fingerprint density at radius 1 is 0.957 bits per heavy atom. The molecule has 2 aliphatic carbocycles. The first-order chi connectivity index (χ1) is 22.3. The normalized spacial score (nSPS) is 27.3. The molecule has 8 rings (SSSR count). The number of carbonyl (C=O) groups excluding carboxylic acids is 3. The van der Waals surface area contributed by atoms with Gasteiger partial charge in [-0.25, -0.2) is 0 Å². The maximum Gasteiger partial charge on any atom is 0.305 e. The van der Waals surface area contributed by atoms with Gasteiger partial charge in [-0.15, -0.1) is 11.8 Å². The lowest BCUT2D eigenvalue weighted by Gasteiger charge is -2.43. The molecule has 4 aromatic rings. The maximum absolute atomic E-state index is 13.9. The van der Waals surface area contributed by atoms with Gasteiger partial charge < -0.3 is 19.8 Å². The summed E-state index contributed by atoms with van der Waals surface area (Å²) in [6.07, 6.45) is 0.807. The SMILES string of the molecule is COc1cc([C@H]2c3sc(=O)[nH]c3SC3C4CC(C5C(=O)N(c6ccccc6)C(=O)C45)C32)ccc1OCC(=O)Nc1cccc(C)c1. The molecule has 0 radical (unpaired) electrons. The van der Waals surface area contributed by atoms with E-state index >= 15 is 0 Å². The molecule has 1 aromatic heterocycles. The first-order valence-corrected chi connectivity index (χ1v) is 17.0. The van der Waals surface area contributed by atoms with Crippen molar-refractivity contribution in [1.82, 2.24) is 4.98 Å². The second-order valence-corrected chi connectivity index (χ2v) is 14.6. The quantitative estimate of drug-likeness (QED) is 0.255. The molecule has 3 aromatic carbocycles. The van der Waals surface area contributed by atoms with E-state index in [1.54, 1.807) is 24.9 Å². The summed E-state index contributed by atoms with van der Waals surface area (Å²) in [7, 11) is 1.56. The number of amides is 3. The molecular formula is C35H31N3O6S2. The van der Waals surface area contributed by atoms with Crippen molar-refractivity contribution >= 4 is 52.2 Å². The van der Waals surface area contributed by atoms with Gasteiger partial charge in [0.2, 0.25) is 11.8 Å². The second kappa shape index (κ2) is 11.2. The Morgan fingerprint density at radius 2 is 1.74 bits per heavy atom. The van der Waals surface area contributed by atoms with Crippen LogP contribution in [-0.2, 0) is 14.4 Å². The van der Waals surface area contributed by atoms with Crippen molar-refractivity contribution in [3.05, 3.63) is 98.5 Å². The van der Waals surface area contributed by atoms with Crippen molar-refractivity contribution in [2.45, 2.75) is 29.5 Å². The van der Waals surface area contributed by atoms with E-state index in [0.29, 0.717) is 22.9 Å². The Labute approximate surface area is 273 Å². The number of H-pyrrole nitrogens is 1. The molecule has 11 heteroatoms. The third-order valence-electron chi connectivity index (χ3n) is 9.95. The Kier molecular flexibility index (Phi) is 7.06. The largest absolute Gasteiger partial charge is 0.493 e. The number of nitrogens with one attached hydrogen (secondary N) is 2. The summed E-state index contributed by atoms with van der Waals surface area (Å²) in [5.74, 6) is -0.417. The fourth-order valence-corrected chi connectivity index (χ4v) is 11.2. The molecule has 2 N–H and O–H groups in total. The summed E-state index contributed by atoms with van der Waals surface area (Å²) < 4.78 is 11.6. The highest BCUT2D eigenvalue weighted by molar-refractivity contribution is 8.00. The molecule has 6 unspecified atom stereocenters. The number of nitrogens with zero attached hydrogens (tertiary/aromatic N) is 1. The van der Waals surface area contributed by atoms with E-state index in [1.807, 2.05) is 73.7 Å². The minimum atomic E-state index is -0.379. The third-order valence-corrected chi connectivity index (χ3v) is 12.5. The summed E-state index contributed by atoms with van der Waals surface area (Å²) in [6, 6.07) is 22.4. The van der Waals surface area contributed by atoms with Crippen molar-refractivity contribution in [3.63, 3.8) is 0 Å². The van der Waals surface area contributed by atoms with Crippen molar-refractivity contribution in [1.29, 1.82) is 0 Å². The number of imide groups is 1. The predicted octanol–water partition coefficient (Wildman–Crippen LogP) is 5.45. The summed E-state index contributed by atoms with van der Waals surface area (Å²) in [5.41, 5.74) is 3.30. The zero-order chi connectivity index (χ0) is 31.7. The smallest absolute Gasteiger partial charge is 0.305 e. The number of benzene rings is 3. The van der Waals surface area contributed by atoms with E-state index in [0.717, 1.165) is 27.5 Å².